The minimum atomic E-state index is -1.14. The maximum Gasteiger partial charge on any atom is 0.358 e. The molecule has 0 radical (unpaired) electrons. The lowest BCUT2D eigenvalue weighted by Gasteiger charge is -2.38. The summed E-state index contributed by atoms with van der Waals surface area (Å²) in [5, 5.41) is 18.6. The summed E-state index contributed by atoms with van der Waals surface area (Å²) in [6.45, 7) is 1.03. The number of likely N-dealkylation sites (tertiary alicyclic amines) is 1. The molecule has 1 aromatic rings. The number of aromatic carboxylic acids is 1. The third kappa shape index (κ3) is 3.46. The molecule has 114 valence electrons. The van der Waals surface area contributed by atoms with Gasteiger partial charge in [-0.15, -0.1) is 5.10 Å². The van der Waals surface area contributed by atoms with Gasteiger partial charge in [-0.25, -0.2) is 14.3 Å². The Kier molecular flexibility index (Phi) is 4.36. The van der Waals surface area contributed by atoms with Gasteiger partial charge in [-0.2, -0.15) is 0 Å². The molecule has 1 aliphatic heterocycles. The standard InChI is InChI=1S/C11H15N5O5/c1-21-9(17)2-3-12-11(20)15-4-7(5-15)16-6-8(10(18)19)13-14-16/h6-7H,2-5H2,1H3,(H,12,20)(H,18,19). The van der Waals surface area contributed by atoms with E-state index in [9.17, 15) is 14.4 Å². The second-order valence-electron chi connectivity index (χ2n) is 4.51. The van der Waals surface area contributed by atoms with Gasteiger partial charge in [0.25, 0.3) is 0 Å². The fraction of sp³-hybridized carbons (Fsp3) is 0.545. The number of carbonyl (C=O) groups excluding carboxylic acids is 2. The second-order valence-corrected chi connectivity index (χ2v) is 4.51. The lowest BCUT2D eigenvalue weighted by molar-refractivity contribution is -0.140. The zero-order valence-corrected chi connectivity index (χ0v) is 11.4. The topological polar surface area (TPSA) is 127 Å². The molecular weight excluding hydrogens is 282 g/mol. The second kappa shape index (κ2) is 6.20. The van der Waals surface area contributed by atoms with Crippen molar-refractivity contribution in [1.29, 1.82) is 0 Å². The predicted molar refractivity (Wildman–Crippen MR) is 67.6 cm³/mol. The number of carboxylic acid groups (broad SMARTS) is 1. The molecule has 2 heterocycles. The number of aromatic nitrogens is 3. The number of urea groups is 1. The van der Waals surface area contributed by atoms with Crippen LogP contribution in [0.1, 0.15) is 23.0 Å². The van der Waals surface area contributed by atoms with Gasteiger partial charge in [-0.3, -0.25) is 4.79 Å². The Balaban J connectivity index is 1.74. The van der Waals surface area contributed by atoms with E-state index in [0.29, 0.717) is 13.1 Å². The van der Waals surface area contributed by atoms with Crippen LogP contribution in [0.3, 0.4) is 0 Å². The molecule has 0 bridgehead atoms. The highest BCUT2D eigenvalue weighted by molar-refractivity contribution is 5.84. The first-order valence-corrected chi connectivity index (χ1v) is 6.26. The van der Waals surface area contributed by atoms with Crippen LogP contribution in [-0.4, -0.2) is 69.7 Å². The molecule has 1 fully saturated rings. The summed E-state index contributed by atoms with van der Waals surface area (Å²) < 4.78 is 5.89. The average molecular weight is 297 g/mol. The molecule has 0 spiro atoms. The highest BCUT2D eigenvalue weighted by Gasteiger charge is 2.33. The first kappa shape index (κ1) is 14.8. The third-order valence-corrected chi connectivity index (χ3v) is 3.09. The van der Waals surface area contributed by atoms with Gasteiger partial charge in [0.1, 0.15) is 0 Å². The Hall–Kier alpha value is -2.65. The Morgan fingerprint density at radius 1 is 1.48 bits per heavy atom. The number of methoxy groups -OCH3 is 1. The van der Waals surface area contributed by atoms with Crippen LogP contribution in [0.15, 0.2) is 6.20 Å². The van der Waals surface area contributed by atoms with E-state index in [1.165, 1.54) is 22.9 Å². The van der Waals surface area contributed by atoms with Gasteiger partial charge >= 0.3 is 18.0 Å². The molecule has 2 amide bonds. The van der Waals surface area contributed by atoms with Crippen LogP contribution in [0.5, 0.6) is 0 Å². The number of ether oxygens (including phenoxy) is 1. The number of hydrogen-bond donors (Lipinski definition) is 2. The number of hydrogen-bond acceptors (Lipinski definition) is 6. The van der Waals surface area contributed by atoms with Crippen molar-refractivity contribution in [3.05, 3.63) is 11.9 Å². The molecule has 0 atom stereocenters. The van der Waals surface area contributed by atoms with Gasteiger partial charge in [0.05, 0.1) is 25.8 Å². The molecule has 0 unspecified atom stereocenters. The van der Waals surface area contributed by atoms with E-state index in [1.807, 2.05) is 0 Å². The monoisotopic (exact) mass is 297 g/mol. The molecule has 10 nitrogen and oxygen atoms in total. The predicted octanol–water partition coefficient (Wildman–Crippen LogP) is -0.894. The summed E-state index contributed by atoms with van der Waals surface area (Å²) in [6, 6.07) is -0.370. The quantitative estimate of drug-likeness (QED) is 0.675. The van der Waals surface area contributed by atoms with Crippen molar-refractivity contribution in [2.45, 2.75) is 12.5 Å². The van der Waals surface area contributed by atoms with Gasteiger partial charge in [-0.1, -0.05) is 5.21 Å². The van der Waals surface area contributed by atoms with E-state index in [0.717, 1.165) is 0 Å². The molecule has 2 N–H and O–H groups in total. The molecule has 1 aromatic heterocycles. The van der Waals surface area contributed by atoms with Gasteiger partial charge in [0, 0.05) is 19.6 Å². The molecule has 0 aromatic carbocycles. The highest BCUT2D eigenvalue weighted by atomic mass is 16.5. The SMILES string of the molecule is COC(=O)CCNC(=O)N1CC(n2cc(C(=O)O)nn2)C1. The Labute approximate surface area is 119 Å². The lowest BCUT2D eigenvalue weighted by atomic mass is 10.1. The summed E-state index contributed by atoms with van der Waals surface area (Å²) in [5.74, 6) is -1.53. The van der Waals surface area contributed by atoms with Crippen LogP contribution in [-0.2, 0) is 9.53 Å². The van der Waals surface area contributed by atoms with E-state index in [2.05, 4.69) is 20.4 Å². The first-order valence-electron chi connectivity index (χ1n) is 6.26. The van der Waals surface area contributed by atoms with Crippen LogP contribution < -0.4 is 5.32 Å². The molecular formula is C11H15N5O5. The summed E-state index contributed by atoms with van der Waals surface area (Å²) in [6.07, 6.45) is 1.45. The zero-order valence-electron chi connectivity index (χ0n) is 11.4. The number of carbonyl (C=O) groups is 3. The van der Waals surface area contributed by atoms with Crippen molar-refractivity contribution in [3.8, 4) is 0 Å². The van der Waals surface area contributed by atoms with Crippen molar-refractivity contribution < 1.29 is 24.2 Å². The Bertz CT molecular complexity index is 551. The smallest absolute Gasteiger partial charge is 0.358 e. The normalized spacial score (nSPS) is 14.4. The van der Waals surface area contributed by atoms with Crippen LogP contribution in [0.4, 0.5) is 4.79 Å². The van der Waals surface area contributed by atoms with Gasteiger partial charge in [0.2, 0.25) is 0 Å². The van der Waals surface area contributed by atoms with E-state index >= 15 is 0 Å². The number of nitrogens with one attached hydrogen (secondary N) is 1. The maximum absolute atomic E-state index is 11.7. The Morgan fingerprint density at radius 3 is 2.76 bits per heavy atom. The summed E-state index contributed by atoms with van der Waals surface area (Å²) in [5.41, 5.74) is -0.129. The third-order valence-electron chi connectivity index (χ3n) is 3.09. The average Bonchev–Trinajstić information content (AvgIpc) is 2.86. The van der Waals surface area contributed by atoms with Crippen molar-refractivity contribution in [2.75, 3.05) is 26.7 Å². The van der Waals surface area contributed by atoms with Gasteiger partial charge in [0.15, 0.2) is 5.69 Å². The highest BCUT2D eigenvalue weighted by Crippen LogP contribution is 2.20. The van der Waals surface area contributed by atoms with Crippen LogP contribution >= 0.6 is 0 Å². The van der Waals surface area contributed by atoms with E-state index in [1.54, 1.807) is 0 Å². The largest absolute Gasteiger partial charge is 0.476 e. The molecule has 1 aliphatic rings. The van der Waals surface area contributed by atoms with Crippen molar-refractivity contribution >= 4 is 18.0 Å². The van der Waals surface area contributed by atoms with Crippen LogP contribution in [0.2, 0.25) is 0 Å². The maximum atomic E-state index is 11.7. The zero-order chi connectivity index (χ0) is 15.4. The molecule has 10 heteroatoms. The van der Waals surface area contributed by atoms with E-state index in [4.69, 9.17) is 5.11 Å². The van der Waals surface area contributed by atoms with Crippen molar-refractivity contribution in [1.82, 2.24) is 25.2 Å². The number of nitrogens with zero attached hydrogens (tertiary/aromatic N) is 4. The fourth-order valence-electron chi connectivity index (χ4n) is 1.83. The molecule has 2 rings (SSSR count). The molecule has 1 saturated heterocycles. The van der Waals surface area contributed by atoms with Crippen molar-refractivity contribution in [3.63, 3.8) is 0 Å². The lowest BCUT2D eigenvalue weighted by Crippen LogP contribution is -2.54. The number of amides is 2. The van der Waals surface area contributed by atoms with Gasteiger partial charge < -0.3 is 20.1 Å². The van der Waals surface area contributed by atoms with Crippen LogP contribution in [0, 0.1) is 0 Å². The summed E-state index contributed by atoms with van der Waals surface area (Å²) in [7, 11) is 1.29. The van der Waals surface area contributed by atoms with Gasteiger partial charge in [-0.05, 0) is 0 Å². The number of esters is 1. The minimum Gasteiger partial charge on any atom is -0.476 e. The fourth-order valence-corrected chi connectivity index (χ4v) is 1.83. The first-order chi connectivity index (χ1) is 10.0. The summed E-state index contributed by atoms with van der Waals surface area (Å²) in [4.78, 5) is 34.8. The number of rotatable bonds is 5. The summed E-state index contributed by atoms with van der Waals surface area (Å²) >= 11 is 0. The molecule has 0 aliphatic carbocycles. The van der Waals surface area contributed by atoms with Crippen molar-refractivity contribution in [2.24, 2.45) is 0 Å². The van der Waals surface area contributed by atoms with Crippen LogP contribution in [0.25, 0.3) is 0 Å². The van der Waals surface area contributed by atoms with E-state index in [-0.39, 0.29) is 36.7 Å². The minimum absolute atomic E-state index is 0.0862. The molecule has 0 saturated carbocycles. The molecule has 21 heavy (non-hydrogen) atoms. The Morgan fingerprint density at radius 2 is 2.19 bits per heavy atom. The van der Waals surface area contributed by atoms with E-state index < -0.39 is 5.97 Å². The number of carboxylic acids is 1.